The Balaban J connectivity index is 1.90. The lowest BCUT2D eigenvalue weighted by Crippen LogP contribution is -2.06. The standard InChI is InChI=1S/C16H11ClF3NO4/c17-10-4-9(15(22)23)11(18)5-12(10)24-8-3-13(25-16(19)20)14(21-6-8)7-1-2-7/h3-7,16H,1-2H2,(H,22,23). The number of ether oxygens (including phenoxy) is 2. The number of carboxylic acid groups (broad SMARTS) is 1. The van der Waals surface area contributed by atoms with Crippen molar-refractivity contribution >= 4 is 17.6 Å². The van der Waals surface area contributed by atoms with Gasteiger partial charge in [0, 0.05) is 18.1 Å². The third-order valence-electron chi connectivity index (χ3n) is 3.52. The van der Waals surface area contributed by atoms with Crippen LogP contribution in [0, 0.1) is 5.82 Å². The first-order valence-corrected chi connectivity index (χ1v) is 7.58. The van der Waals surface area contributed by atoms with E-state index in [1.54, 1.807) is 0 Å². The highest BCUT2D eigenvalue weighted by atomic mass is 35.5. The number of halogens is 4. The summed E-state index contributed by atoms with van der Waals surface area (Å²) < 4.78 is 48.7. The first-order valence-electron chi connectivity index (χ1n) is 7.20. The molecule has 9 heteroatoms. The van der Waals surface area contributed by atoms with E-state index in [0.29, 0.717) is 5.69 Å². The topological polar surface area (TPSA) is 68.7 Å². The molecule has 0 saturated heterocycles. The number of aromatic nitrogens is 1. The fraction of sp³-hybridized carbons (Fsp3) is 0.250. The van der Waals surface area contributed by atoms with Gasteiger partial charge in [0.05, 0.1) is 22.5 Å². The molecule has 1 fully saturated rings. The zero-order chi connectivity index (χ0) is 18.1. The number of hydrogen-bond acceptors (Lipinski definition) is 4. The highest BCUT2D eigenvalue weighted by molar-refractivity contribution is 6.32. The maximum Gasteiger partial charge on any atom is 0.387 e. The van der Waals surface area contributed by atoms with Gasteiger partial charge in [0.1, 0.15) is 17.3 Å². The average molecular weight is 374 g/mol. The molecule has 1 heterocycles. The van der Waals surface area contributed by atoms with Gasteiger partial charge in [0.15, 0.2) is 5.75 Å². The molecular weight excluding hydrogens is 363 g/mol. The Bertz CT molecular complexity index is 827. The average Bonchev–Trinajstić information content (AvgIpc) is 3.34. The van der Waals surface area contributed by atoms with Crippen LogP contribution in [0.15, 0.2) is 24.4 Å². The molecule has 1 aliphatic rings. The molecule has 25 heavy (non-hydrogen) atoms. The zero-order valence-electron chi connectivity index (χ0n) is 12.5. The van der Waals surface area contributed by atoms with E-state index in [1.165, 1.54) is 12.3 Å². The Hall–Kier alpha value is -2.48. The number of carboxylic acids is 1. The summed E-state index contributed by atoms with van der Waals surface area (Å²) in [6.45, 7) is -3.02. The Labute approximate surface area is 145 Å². The minimum Gasteiger partial charge on any atom is -0.478 e. The van der Waals surface area contributed by atoms with E-state index in [2.05, 4.69) is 9.72 Å². The molecule has 1 N–H and O–H groups in total. The molecule has 3 rings (SSSR count). The SMILES string of the molecule is O=C(O)c1cc(Cl)c(Oc2cnc(C3CC3)c(OC(F)F)c2)cc1F. The van der Waals surface area contributed by atoms with Crippen LogP contribution in [-0.2, 0) is 0 Å². The lowest BCUT2D eigenvalue weighted by Gasteiger charge is -2.13. The second-order valence-corrected chi connectivity index (χ2v) is 5.78. The van der Waals surface area contributed by atoms with E-state index in [4.69, 9.17) is 21.4 Å². The number of carbonyl (C=O) groups is 1. The predicted octanol–water partition coefficient (Wildman–Crippen LogP) is 4.84. The van der Waals surface area contributed by atoms with Gasteiger partial charge in [-0.05, 0) is 18.9 Å². The van der Waals surface area contributed by atoms with Gasteiger partial charge in [-0.1, -0.05) is 11.6 Å². The summed E-state index contributed by atoms with van der Waals surface area (Å²) in [5, 5.41) is 8.69. The smallest absolute Gasteiger partial charge is 0.387 e. The summed E-state index contributed by atoms with van der Waals surface area (Å²) in [5.41, 5.74) is -0.201. The third-order valence-corrected chi connectivity index (χ3v) is 3.81. The molecule has 1 aliphatic carbocycles. The number of alkyl halides is 2. The summed E-state index contributed by atoms with van der Waals surface area (Å²) in [6, 6.07) is 2.91. The molecule has 132 valence electrons. The number of benzene rings is 1. The molecule has 0 atom stereocenters. The van der Waals surface area contributed by atoms with Gasteiger partial charge in [-0.25, -0.2) is 9.18 Å². The van der Waals surface area contributed by atoms with Gasteiger partial charge < -0.3 is 14.6 Å². The summed E-state index contributed by atoms with van der Waals surface area (Å²) >= 11 is 5.88. The normalized spacial score (nSPS) is 13.8. The van der Waals surface area contributed by atoms with Crippen molar-refractivity contribution in [3.63, 3.8) is 0 Å². The van der Waals surface area contributed by atoms with Crippen molar-refractivity contribution in [2.75, 3.05) is 0 Å². The van der Waals surface area contributed by atoms with Gasteiger partial charge in [-0.2, -0.15) is 8.78 Å². The van der Waals surface area contributed by atoms with Crippen molar-refractivity contribution in [2.45, 2.75) is 25.4 Å². The number of pyridine rings is 1. The van der Waals surface area contributed by atoms with Crippen LogP contribution in [0.1, 0.15) is 34.8 Å². The fourth-order valence-electron chi connectivity index (χ4n) is 2.24. The van der Waals surface area contributed by atoms with Crippen molar-refractivity contribution in [2.24, 2.45) is 0 Å². The van der Waals surface area contributed by atoms with E-state index < -0.39 is 24.0 Å². The van der Waals surface area contributed by atoms with Crippen LogP contribution in [0.5, 0.6) is 17.2 Å². The number of hydrogen-bond donors (Lipinski definition) is 1. The molecule has 0 aliphatic heterocycles. The first kappa shape index (κ1) is 17.3. The van der Waals surface area contributed by atoms with E-state index in [-0.39, 0.29) is 28.2 Å². The first-order chi connectivity index (χ1) is 11.8. The van der Waals surface area contributed by atoms with Crippen molar-refractivity contribution in [3.8, 4) is 17.2 Å². The lowest BCUT2D eigenvalue weighted by molar-refractivity contribution is -0.0508. The third kappa shape index (κ3) is 3.96. The van der Waals surface area contributed by atoms with E-state index >= 15 is 0 Å². The Morgan fingerprint density at radius 1 is 1.28 bits per heavy atom. The largest absolute Gasteiger partial charge is 0.478 e. The summed E-state index contributed by atoms with van der Waals surface area (Å²) in [5.74, 6) is -2.74. The van der Waals surface area contributed by atoms with Gasteiger partial charge in [0.2, 0.25) is 0 Å². The van der Waals surface area contributed by atoms with Crippen LogP contribution in [0.4, 0.5) is 13.2 Å². The van der Waals surface area contributed by atoms with E-state index in [1.807, 2.05) is 0 Å². The zero-order valence-corrected chi connectivity index (χ0v) is 13.3. The van der Waals surface area contributed by atoms with Crippen molar-refractivity contribution < 1.29 is 32.5 Å². The molecule has 0 radical (unpaired) electrons. The van der Waals surface area contributed by atoms with Crippen molar-refractivity contribution in [1.29, 1.82) is 0 Å². The molecule has 0 unspecified atom stereocenters. The van der Waals surface area contributed by atoms with Crippen LogP contribution < -0.4 is 9.47 Å². The van der Waals surface area contributed by atoms with Gasteiger partial charge in [-0.15, -0.1) is 0 Å². The Kier molecular flexibility index (Phi) is 4.71. The van der Waals surface area contributed by atoms with Crippen molar-refractivity contribution in [1.82, 2.24) is 4.98 Å². The van der Waals surface area contributed by atoms with E-state index in [9.17, 15) is 18.0 Å². The van der Waals surface area contributed by atoms with Gasteiger partial charge in [-0.3, -0.25) is 4.98 Å². The van der Waals surface area contributed by atoms with Gasteiger partial charge in [0.25, 0.3) is 0 Å². The number of nitrogens with zero attached hydrogens (tertiary/aromatic N) is 1. The fourth-order valence-corrected chi connectivity index (χ4v) is 2.45. The molecule has 0 bridgehead atoms. The molecule has 1 saturated carbocycles. The molecule has 1 aromatic carbocycles. The molecule has 5 nitrogen and oxygen atoms in total. The maximum absolute atomic E-state index is 13.8. The van der Waals surface area contributed by atoms with Crippen LogP contribution in [0.2, 0.25) is 5.02 Å². The predicted molar refractivity (Wildman–Crippen MR) is 81.3 cm³/mol. The quantitative estimate of drug-likeness (QED) is 0.784. The highest BCUT2D eigenvalue weighted by Gasteiger charge is 2.30. The molecular formula is C16H11ClF3NO4. The summed E-state index contributed by atoms with van der Waals surface area (Å²) in [7, 11) is 0. The Morgan fingerprint density at radius 3 is 2.60 bits per heavy atom. The number of rotatable bonds is 6. The van der Waals surface area contributed by atoms with Gasteiger partial charge >= 0.3 is 12.6 Å². The molecule has 0 spiro atoms. The van der Waals surface area contributed by atoms with E-state index in [0.717, 1.165) is 25.0 Å². The number of aromatic carboxylic acids is 1. The minimum absolute atomic E-state index is 0.00410. The van der Waals surface area contributed by atoms with Crippen LogP contribution >= 0.6 is 11.6 Å². The maximum atomic E-state index is 13.8. The van der Waals surface area contributed by atoms with Crippen LogP contribution in [-0.4, -0.2) is 22.7 Å². The van der Waals surface area contributed by atoms with Crippen molar-refractivity contribution in [3.05, 3.63) is 46.5 Å². The Morgan fingerprint density at radius 2 is 2.00 bits per heavy atom. The summed E-state index contributed by atoms with van der Waals surface area (Å²) in [4.78, 5) is 14.9. The molecule has 2 aromatic rings. The lowest BCUT2D eigenvalue weighted by atomic mass is 10.2. The minimum atomic E-state index is -3.02. The second kappa shape index (κ2) is 6.79. The van der Waals surface area contributed by atoms with Crippen LogP contribution in [0.3, 0.4) is 0 Å². The monoisotopic (exact) mass is 373 g/mol. The van der Waals surface area contributed by atoms with Crippen LogP contribution in [0.25, 0.3) is 0 Å². The molecule has 0 amide bonds. The highest BCUT2D eigenvalue weighted by Crippen LogP contribution is 2.44. The second-order valence-electron chi connectivity index (χ2n) is 5.38. The molecule has 1 aromatic heterocycles. The summed E-state index contributed by atoms with van der Waals surface area (Å²) in [6.07, 6.45) is 2.95.